The Hall–Kier alpha value is -1.70. The normalized spacial score (nSPS) is 18.8. The quantitative estimate of drug-likeness (QED) is 0.838. The number of sulfonamides is 1. The van der Waals surface area contributed by atoms with Gasteiger partial charge in [0, 0.05) is 19.2 Å². The highest BCUT2D eigenvalue weighted by Crippen LogP contribution is 2.22. The number of benzene rings is 1. The van der Waals surface area contributed by atoms with Gasteiger partial charge in [-0.2, -0.15) is 0 Å². The maximum atomic E-state index is 13.4. The predicted molar refractivity (Wildman–Crippen MR) is 83.5 cm³/mol. The number of carbonyl (C=O) groups is 1. The number of piperidine rings is 1. The van der Waals surface area contributed by atoms with Crippen molar-refractivity contribution in [3.05, 3.63) is 29.8 Å². The fraction of sp³-hybridized carbons (Fsp3) is 0.533. The van der Waals surface area contributed by atoms with Crippen molar-refractivity contribution in [3.63, 3.8) is 0 Å². The number of amides is 1. The van der Waals surface area contributed by atoms with Gasteiger partial charge in [0.1, 0.15) is 6.54 Å². The van der Waals surface area contributed by atoms with E-state index >= 15 is 0 Å². The van der Waals surface area contributed by atoms with E-state index in [2.05, 4.69) is 0 Å². The van der Waals surface area contributed by atoms with Crippen LogP contribution in [0.15, 0.2) is 18.2 Å². The summed E-state index contributed by atoms with van der Waals surface area (Å²) in [5.74, 6) is -2.21. The molecule has 0 spiro atoms. The van der Waals surface area contributed by atoms with Crippen LogP contribution in [0.4, 0.5) is 14.5 Å². The minimum atomic E-state index is -3.80. The standard InChI is InChI=1S/C15H20F2N2O3S/c1-11-4-3-7-18(9-11)15(20)10-19(23(2,21)22)12-5-6-13(16)14(17)8-12/h5-6,8,11H,3-4,7,9-10H2,1-2H3. The SMILES string of the molecule is CC1CCCN(C(=O)CN(c2ccc(F)c(F)c2)S(C)(=O)=O)C1. The van der Waals surface area contributed by atoms with E-state index in [1.807, 2.05) is 6.92 Å². The molecule has 1 fully saturated rings. The minimum Gasteiger partial charge on any atom is -0.341 e. The number of anilines is 1. The van der Waals surface area contributed by atoms with Crippen LogP contribution in [0.2, 0.25) is 0 Å². The molecule has 1 aromatic rings. The predicted octanol–water partition coefficient (Wildman–Crippen LogP) is 1.99. The number of hydrogen-bond acceptors (Lipinski definition) is 3. The number of halogens is 2. The van der Waals surface area contributed by atoms with Crippen molar-refractivity contribution in [3.8, 4) is 0 Å². The average Bonchev–Trinajstić information content (AvgIpc) is 2.46. The first kappa shape index (κ1) is 17.7. The van der Waals surface area contributed by atoms with Crippen molar-refractivity contribution in [2.45, 2.75) is 19.8 Å². The first-order chi connectivity index (χ1) is 10.7. The molecule has 0 N–H and O–H groups in total. The van der Waals surface area contributed by atoms with Gasteiger partial charge in [-0.3, -0.25) is 9.10 Å². The van der Waals surface area contributed by atoms with Crippen LogP contribution in [0.25, 0.3) is 0 Å². The van der Waals surface area contributed by atoms with E-state index in [1.165, 1.54) is 0 Å². The number of likely N-dealkylation sites (tertiary alicyclic amines) is 1. The van der Waals surface area contributed by atoms with Crippen molar-refractivity contribution in [1.82, 2.24) is 4.90 Å². The molecule has 23 heavy (non-hydrogen) atoms. The summed E-state index contributed by atoms with van der Waals surface area (Å²) in [6.45, 7) is 2.77. The van der Waals surface area contributed by atoms with Gasteiger partial charge in [-0.25, -0.2) is 17.2 Å². The van der Waals surface area contributed by atoms with Crippen molar-refractivity contribution >= 4 is 21.6 Å². The van der Waals surface area contributed by atoms with Gasteiger partial charge in [0.15, 0.2) is 11.6 Å². The minimum absolute atomic E-state index is 0.0650. The molecular weight excluding hydrogens is 326 g/mol. The Morgan fingerprint density at radius 1 is 1.35 bits per heavy atom. The molecule has 1 heterocycles. The van der Waals surface area contributed by atoms with Crippen LogP contribution in [-0.4, -0.2) is 45.1 Å². The lowest BCUT2D eigenvalue weighted by Gasteiger charge is -2.33. The molecule has 5 nitrogen and oxygen atoms in total. The molecule has 0 aromatic heterocycles. The van der Waals surface area contributed by atoms with Crippen LogP contribution in [-0.2, 0) is 14.8 Å². The zero-order valence-electron chi connectivity index (χ0n) is 13.1. The monoisotopic (exact) mass is 346 g/mol. The van der Waals surface area contributed by atoms with E-state index in [0.717, 1.165) is 41.6 Å². The van der Waals surface area contributed by atoms with Gasteiger partial charge in [0.2, 0.25) is 15.9 Å². The van der Waals surface area contributed by atoms with Crippen LogP contribution in [0, 0.1) is 17.6 Å². The smallest absolute Gasteiger partial charge is 0.243 e. The summed E-state index contributed by atoms with van der Waals surface area (Å²) in [4.78, 5) is 14.0. The third-order valence-electron chi connectivity index (χ3n) is 3.88. The lowest BCUT2D eigenvalue weighted by atomic mass is 10.0. The second kappa shape index (κ2) is 6.82. The third-order valence-corrected chi connectivity index (χ3v) is 5.02. The zero-order valence-corrected chi connectivity index (χ0v) is 13.9. The molecular formula is C15H20F2N2O3S. The molecule has 0 saturated carbocycles. The fourth-order valence-corrected chi connectivity index (χ4v) is 3.52. The topological polar surface area (TPSA) is 57.7 Å². The second-order valence-electron chi connectivity index (χ2n) is 5.96. The van der Waals surface area contributed by atoms with Crippen molar-refractivity contribution < 1.29 is 22.0 Å². The Bertz CT molecular complexity index is 694. The van der Waals surface area contributed by atoms with E-state index in [4.69, 9.17) is 0 Å². The largest absolute Gasteiger partial charge is 0.341 e. The molecule has 0 bridgehead atoms. The average molecular weight is 346 g/mol. The van der Waals surface area contributed by atoms with Crippen LogP contribution in [0.3, 0.4) is 0 Å². The number of carbonyl (C=O) groups excluding carboxylic acids is 1. The Morgan fingerprint density at radius 2 is 2.04 bits per heavy atom. The molecule has 1 unspecified atom stereocenters. The summed E-state index contributed by atoms with van der Waals surface area (Å²) in [7, 11) is -3.80. The van der Waals surface area contributed by atoms with Gasteiger partial charge in [0.05, 0.1) is 11.9 Å². The van der Waals surface area contributed by atoms with Gasteiger partial charge >= 0.3 is 0 Å². The summed E-state index contributed by atoms with van der Waals surface area (Å²) in [5, 5.41) is 0. The van der Waals surface area contributed by atoms with Gasteiger partial charge < -0.3 is 4.90 Å². The maximum Gasteiger partial charge on any atom is 0.243 e. The van der Waals surface area contributed by atoms with E-state index in [9.17, 15) is 22.0 Å². The summed E-state index contributed by atoms with van der Waals surface area (Å²) in [6, 6.07) is 2.77. The summed E-state index contributed by atoms with van der Waals surface area (Å²) < 4.78 is 51.1. The van der Waals surface area contributed by atoms with Crippen molar-refractivity contribution in [2.24, 2.45) is 5.92 Å². The highest BCUT2D eigenvalue weighted by atomic mass is 32.2. The molecule has 128 valence electrons. The Morgan fingerprint density at radius 3 is 2.61 bits per heavy atom. The summed E-state index contributed by atoms with van der Waals surface area (Å²) in [5.41, 5.74) is -0.0650. The van der Waals surface area contributed by atoms with E-state index in [-0.39, 0.29) is 11.6 Å². The first-order valence-electron chi connectivity index (χ1n) is 7.39. The van der Waals surface area contributed by atoms with E-state index in [0.29, 0.717) is 19.0 Å². The van der Waals surface area contributed by atoms with Crippen LogP contribution in [0.5, 0.6) is 0 Å². The molecule has 0 radical (unpaired) electrons. The molecule has 1 aliphatic rings. The zero-order chi connectivity index (χ0) is 17.2. The van der Waals surface area contributed by atoms with Gasteiger partial charge in [-0.1, -0.05) is 6.92 Å². The second-order valence-corrected chi connectivity index (χ2v) is 7.86. The molecule has 1 aliphatic heterocycles. The first-order valence-corrected chi connectivity index (χ1v) is 9.24. The van der Waals surface area contributed by atoms with E-state index < -0.39 is 28.2 Å². The maximum absolute atomic E-state index is 13.4. The molecule has 8 heteroatoms. The molecule has 1 aromatic carbocycles. The highest BCUT2D eigenvalue weighted by molar-refractivity contribution is 7.92. The lowest BCUT2D eigenvalue weighted by molar-refractivity contribution is -0.131. The summed E-state index contributed by atoms with van der Waals surface area (Å²) in [6.07, 6.45) is 2.83. The molecule has 2 rings (SSSR count). The van der Waals surface area contributed by atoms with Crippen molar-refractivity contribution in [2.75, 3.05) is 30.2 Å². The number of hydrogen-bond donors (Lipinski definition) is 0. The third kappa shape index (κ3) is 4.40. The Labute approximate surface area is 134 Å². The van der Waals surface area contributed by atoms with Gasteiger partial charge in [-0.05, 0) is 30.9 Å². The van der Waals surface area contributed by atoms with Gasteiger partial charge in [-0.15, -0.1) is 0 Å². The van der Waals surface area contributed by atoms with Crippen LogP contribution >= 0.6 is 0 Å². The molecule has 0 aliphatic carbocycles. The lowest BCUT2D eigenvalue weighted by Crippen LogP contribution is -2.46. The molecule has 1 atom stereocenters. The van der Waals surface area contributed by atoms with Gasteiger partial charge in [0.25, 0.3) is 0 Å². The van der Waals surface area contributed by atoms with Crippen LogP contribution < -0.4 is 4.31 Å². The van der Waals surface area contributed by atoms with Crippen LogP contribution in [0.1, 0.15) is 19.8 Å². The van der Waals surface area contributed by atoms with E-state index in [1.54, 1.807) is 4.90 Å². The summed E-state index contributed by atoms with van der Waals surface area (Å²) >= 11 is 0. The molecule has 1 saturated heterocycles. The highest BCUT2D eigenvalue weighted by Gasteiger charge is 2.27. The molecule has 1 amide bonds. The van der Waals surface area contributed by atoms with Crippen molar-refractivity contribution in [1.29, 1.82) is 0 Å². The Kier molecular flexibility index (Phi) is 5.23. The number of rotatable bonds is 4. The fourth-order valence-electron chi connectivity index (χ4n) is 2.68. The Balaban J connectivity index is 2.22. The number of nitrogens with zero attached hydrogens (tertiary/aromatic N) is 2.